The molecule has 1 saturated heterocycles. The molecule has 6 aliphatic rings. The van der Waals surface area contributed by atoms with Gasteiger partial charge in [-0.05, 0) is 140 Å². The van der Waals surface area contributed by atoms with Crippen molar-refractivity contribution >= 4 is 46.0 Å². The van der Waals surface area contributed by atoms with Crippen molar-refractivity contribution in [2.45, 2.75) is 109 Å². The number of aromatic nitrogens is 1. The summed E-state index contributed by atoms with van der Waals surface area (Å²) in [5.41, 5.74) is 3.17. The van der Waals surface area contributed by atoms with Crippen LogP contribution in [0.25, 0.3) is 10.8 Å². The van der Waals surface area contributed by atoms with E-state index in [4.69, 9.17) is 18.9 Å². The number of nitrogens with one attached hydrogen (secondary N) is 2. The molecule has 7 unspecified atom stereocenters. The normalized spacial score (nSPS) is 30.1. The summed E-state index contributed by atoms with van der Waals surface area (Å²) in [6.45, 7) is 8.78. The zero-order chi connectivity index (χ0) is 46.7. The van der Waals surface area contributed by atoms with Crippen molar-refractivity contribution in [2.24, 2.45) is 34.5 Å². The van der Waals surface area contributed by atoms with Gasteiger partial charge in [0, 0.05) is 49.5 Å². The van der Waals surface area contributed by atoms with E-state index < -0.39 is 29.7 Å². The lowest BCUT2D eigenvalue weighted by Crippen LogP contribution is -2.55. The van der Waals surface area contributed by atoms with Crippen LogP contribution in [0.4, 0.5) is 5.69 Å². The minimum absolute atomic E-state index is 0.0668. The quantitative estimate of drug-likeness (QED) is 0.0926. The number of pyridine rings is 1. The topological polar surface area (TPSA) is 166 Å². The van der Waals surface area contributed by atoms with Gasteiger partial charge in [-0.25, -0.2) is 0 Å². The Balaban J connectivity index is 0.611. The van der Waals surface area contributed by atoms with Crippen molar-refractivity contribution in [1.29, 1.82) is 0 Å². The first-order chi connectivity index (χ1) is 32.5. The Hall–Kier alpha value is -4.76. The van der Waals surface area contributed by atoms with E-state index in [1.807, 2.05) is 24.3 Å². The van der Waals surface area contributed by atoms with E-state index in [-0.39, 0.29) is 29.9 Å². The molecule has 0 radical (unpaired) electrons. The molecular weight excluding hydrogens is 851 g/mol. The van der Waals surface area contributed by atoms with Crippen molar-refractivity contribution in [1.82, 2.24) is 20.1 Å². The van der Waals surface area contributed by atoms with Gasteiger partial charge in [-0.3, -0.25) is 39.2 Å². The number of anilines is 1. The molecule has 9 rings (SSSR count). The zero-order valence-corrected chi connectivity index (χ0v) is 39.6. The van der Waals surface area contributed by atoms with Gasteiger partial charge in [0.2, 0.25) is 17.7 Å². The standard InChI is InChI=1S/C53H69N5O9/c1-52-19-15-38(32-37(52)9-10-39-42-12-11-41(53(42,2)20-16-43(39)52)35-8-7-34-17-21-54-33-36(34)31-35)57(3)47(60)18-23-64-25-27-66-29-30-67-28-26-65-24-22-55-44-6-4-5-40-48(44)51(63)58(50(40)62)45-13-14-46(59)56-49(45)61/h4-8,17,21,31,33,37-39,41-43,45,55H,9-16,18-20,22-30,32H2,1-3H3,(H,56,59,61)/t37?,38-,39?,41+,42?,43?,45?,52?,53?/m0/s1. The van der Waals surface area contributed by atoms with E-state index in [2.05, 4.69) is 53.7 Å². The molecule has 4 saturated carbocycles. The number of carbonyl (C=O) groups excluding carboxylic acids is 5. The monoisotopic (exact) mass is 920 g/mol. The number of benzene rings is 2. The van der Waals surface area contributed by atoms with Crippen molar-refractivity contribution < 1.29 is 42.9 Å². The van der Waals surface area contributed by atoms with Crippen molar-refractivity contribution in [3.05, 3.63) is 71.5 Å². The molecule has 1 aromatic heterocycles. The van der Waals surface area contributed by atoms with Crippen LogP contribution in [0.5, 0.6) is 0 Å². The molecule has 5 amide bonds. The minimum Gasteiger partial charge on any atom is -0.382 e. The Labute approximate surface area is 394 Å². The molecule has 14 heteroatoms. The average Bonchev–Trinajstić information content (AvgIpc) is 3.82. The van der Waals surface area contributed by atoms with Crippen LogP contribution < -0.4 is 10.6 Å². The van der Waals surface area contributed by atoms with Gasteiger partial charge in [0.05, 0.1) is 70.4 Å². The van der Waals surface area contributed by atoms with Crippen LogP contribution in [-0.4, -0.2) is 123 Å². The van der Waals surface area contributed by atoms with Gasteiger partial charge in [-0.2, -0.15) is 0 Å². The maximum atomic E-state index is 13.4. The summed E-state index contributed by atoms with van der Waals surface area (Å²) in [4.78, 5) is 71.0. The molecule has 0 bridgehead atoms. The van der Waals surface area contributed by atoms with E-state index in [9.17, 15) is 24.0 Å². The summed E-state index contributed by atoms with van der Waals surface area (Å²) >= 11 is 0. The van der Waals surface area contributed by atoms with Gasteiger partial charge in [0.15, 0.2) is 0 Å². The summed E-state index contributed by atoms with van der Waals surface area (Å²) in [7, 11) is 2.00. The minimum atomic E-state index is -1.01. The molecule has 67 heavy (non-hydrogen) atoms. The second-order valence-electron chi connectivity index (χ2n) is 20.5. The molecule has 0 spiro atoms. The highest BCUT2D eigenvalue weighted by molar-refractivity contribution is 6.25. The summed E-state index contributed by atoms with van der Waals surface area (Å²) < 4.78 is 22.7. The molecular formula is C53H69N5O9. The van der Waals surface area contributed by atoms with Gasteiger partial charge < -0.3 is 29.2 Å². The van der Waals surface area contributed by atoms with Gasteiger partial charge in [0.1, 0.15) is 6.04 Å². The lowest BCUT2D eigenvalue weighted by Gasteiger charge is -2.61. The van der Waals surface area contributed by atoms with Crippen molar-refractivity contribution in [2.75, 3.05) is 71.8 Å². The van der Waals surface area contributed by atoms with Crippen molar-refractivity contribution in [3.8, 4) is 0 Å². The van der Waals surface area contributed by atoms with Crippen molar-refractivity contribution in [3.63, 3.8) is 0 Å². The number of hydrogen-bond donors (Lipinski definition) is 2. The number of hydrogen-bond acceptors (Lipinski definition) is 11. The fourth-order valence-corrected chi connectivity index (χ4v) is 13.7. The van der Waals surface area contributed by atoms with E-state index in [0.29, 0.717) is 100 Å². The predicted octanol–water partition coefficient (Wildman–Crippen LogP) is 7.16. The van der Waals surface area contributed by atoms with Crippen LogP contribution in [0.15, 0.2) is 54.9 Å². The highest BCUT2D eigenvalue weighted by Crippen LogP contribution is 2.69. The van der Waals surface area contributed by atoms with E-state index >= 15 is 0 Å². The molecule has 9 atom stereocenters. The molecule has 2 aliphatic heterocycles. The molecule has 5 fully saturated rings. The first-order valence-corrected chi connectivity index (χ1v) is 25.0. The third-order valence-corrected chi connectivity index (χ3v) is 17.3. The van der Waals surface area contributed by atoms with Crippen LogP contribution in [-0.2, 0) is 33.3 Å². The number of fused-ring (bicyclic) bond motifs is 7. The SMILES string of the molecule is CN(C(=O)CCOCCOCCOCCOCCNc1cccc2c1C(=O)N(C1CCC(=O)NC1=O)C2=O)[C@H]1CCC2(C)C(CCC3C2CCC2(C)C3CC[C@@H]2c2ccc3ccncc3c2)C1. The largest absolute Gasteiger partial charge is 0.382 e. The molecule has 3 aromatic rings. The fraction of sp³-hybridized carbons (Fsp3) is 0.623. The molecule has 2 N–H and O–H groups in total. The number of amides is 5. The van der Waals surface area contributed by atoms with Crippen LogP contribution in [0.2, 0.25) is 0 Å². The Morgan fingerprint density at radius 3 is 2.30 bits per heavy atom. The van der Waals surface area contributed by atoms with E-state index in [1.165, 1.54) is 61.3 Å². The van der Waals surface area contributed by atoms with E-state index in [1.54, 1.807) is 18.2 Å². The average molecular weight is 920 g/mol. The number of carbonyl (C=O) groups is 5. The number of ether oxygens (including phenoxy) is 4. The first kappa shape index (κ1) is 47.3. The second kappa shape index (κ2) is 20.5. The van der Waals surface area contributed by atoms with Crippen LogP contribution in [0.1, 0.15) is 123 Å². The Bertz CT molecular complexity index is 2320. The lowest BCUT2D eigenvalue weighted by atomic mass is 9.44. The molecule has 4 aliphatic carbocycles. The van der Waals surface area contributed by atoms with E-state index in [0.717, 1.165) is 35.5 Å². The smallest absolute Gasteiger partial charge is 0.264 e. The van der Waals surface area contributed by atoms with Crippen LogP contribution >= 0.6 is 0 Å². The third-order valence-electron chi connectivity index (χ3n) is 17.3. The summed E-state index contributed by atoms with van der Waals surface area (Å²) in [6, 6.07) is 13.5. The molecule has 3 heterocycles. The number of piperidine rings is 1. The number of imide groups is 2. The number of nitrogens with zero attached hydrogens (tertiary/aromatic N) is 3. The Morgan fingerprint density at radius 2 is 1.52 bits per heavy atom. The van der Waals surface area contributed by atoms with Crippen LogP contribution in [0, 0.1) is 34.5 Å². The third kappa shape index (κ3) is 9.52. The first-order valence-electron chi connectivity index (χ1n) is 25.0. The fourth-order valence-electron chi connectivity index (χ4n) is 13.7. The van der Waals surface area contributed by atoms with Crippen LogP contribution in [0.3, 0.4) is 0 Å². The maximum absolute atomic E-state index is 13.4. The van der Waals surface area contributed by atoms with Gasteiger partial charge in [-0.1, -0.05) is 32.0 Å². The summed E-state index contributed by atoms with van der Waals surface area (Å²) in [5.74, 6) is 1.73. The molecule has 2 aromatic carbocycles. The Kier molecular flexibility index (Phi) is 14.4. The molecule has 14 nitrogen and oxygen atoms in total. The summed E-state index contributed by atoms with van der Waals surface area (Å²) in [5, 5.41) is 7.91. The predicted molar refractivity (Wildman–Crippen MR) is 252 cm³/mol. The maximum Gasteiger partial charge on any atom is 0.264 e. The molecule has 360 valence electrons. The second-order valence-corrected chi connectivity index (χ2v) is 20.5. The number of rotatable bonds is 19. The van der Waals surface area contributed by atoms with Gasteiger partial charge >= 0.3 is 0 Å². The highest BCUT2D eigenvalue weighted by Gasteiger charge is 2.60. The Morgan fingerprint density at radius 1 is 0.791 bits per heavy atom. The van der Waals surface area contributed by atoms with Gasteiger partial charge in [0.25, 0.3) is 11.8 Å². The zero-order valence-electron chi connectivity index (χ0n) is 39.6. The van der Waals surface area contributed by atoms with Gasteiger partial charge in [-0.15, -0.1) is 0 Å². The highest BCUT2D eigenvalue weighted by atomic mass is 16.6. The summed E-state index contributed by atoms with van der Waals surface area (Å²) in [6.07, 6.45) is 15.8. The lowest BCUT2D eigenvalue weighted by molar-refractivity contribution is -0.141.